The number of amides is 1. The van der Waals surface area contributed by atoms with Crippen molar-refractivity contribution < 1.29 is 4.79 Å². The first kappa shape index (κ1) is 14.8. The highest BCUT2D eigenvalue weighted by atomic mass is 16.1. The van der Waals surface area contributed by atoms with E-state index in [1.807, 2.05) is 0 Å². The molecule has 0 spiro atoms. The predicted molar refractivity (Wildman–Crippen MR) is 89.0 cm³/mol. The number of carbonyl (C=O) groups is 1. The second kappa shape index (κ2) is 4.85. The summed E-state index contributed by atoms with van der Waals surface area (Å²) in [6, 6.07) is 0. The Morgan fingerprint density at radius 3 is 2.68 bits per heavy atom. The smallest absolute Gasteiger partial charge is 0.224 e. The van der Waals surface area contributed by atoms with Gasteiger partial charge in [0.05, 0.1) is 5.92 Å². The van der Waals surface area contributed by atoms with E-state index in [0.29, 0.717) is 10.8 Å². The van der Waals surface area contributed by atoms with Gasteiger partial charge >= 0.3 is 0 Å². The van der Waals surface area contributed by atoms with Crippen molar-refractivity contribution in [3.05, 3.63) is 11.6 Å². The molecule has 2 N–H and O–H groups in total. The number of fused-ring (bicyclic) bond motifs is 5. The van der Waals surface area contributed by atoms with E-state index in [4.69, 9.17) is 5.73 Å². The van der Waals surface area contributed by atoms with Gasteiger partial charge in [0.1, 0.15) is 0 Å². The lowest BCUT2D eigenvalue weighted by molar-refractivity contribution is -0.121. The topological polar surface area (TPSA) is 43.1 Å². The van der Waals surface area contributed by atoms with E-state index < -0.39 is 0 Å². The molecule has 0 radical (unpaired) electrons. The third-order valence-corrected chi connectivity index (χ3v) is 8.26. The van der Waals surface area contributed by atoms with Gasteiger partial charge in [-0.05, 0) is 80.0 Å². The molecule has 0 aliphatic heterocycles. The molecule has 6 atom stereocenters. The summed E-state index contributed by atoms with van der Waals surface area (Å²) < 4.78 is 0. The first-order valence-corrected chi connectivity index (χ1v) is 9.44. The fourth-order valence-corrected chi connectivity index (χ4v) is 6.95. The molecule has 22 heavy (non-hydrogen) atoms. The second-order valence-electron chi connectivity index (χ2n) is 9.16. The summed E-state index contributed by atoms with van der Waals surface area (Å²) in [5.74, 6) is 2.65. The molecule has 0 aromatic heterocycles. The standard InChI is InChI=1S/C20H31NO/c1-19-9-3-4-16(19)15-6-5-14-12-13(18(21)22)7-11-20(14,2)17(15)8-10-19/h12-13,15-17H,3-11H2,1-2H3,(H2,21,22)/t13?,15-,16-,17-,19-,20-/m0/s1. The summed E-state index contributed by atoms with van der Waals surface area (Å²) in [7, 11) is 0. The Kier molecular flexibility index (Phi) is 3.26. The molecular weight excluding hydrogens is 270 g/mol. The van der Waals surface area contributed by atoms with Gasteiger partial charge in [-0.1, -0.05) is 31.9 Å². The molecule has 3 fully saturated rings. The van der Waals surface area contributed by atoms with Gasteiger partial charge in [-0.2, -0.15) is 0 Å². The van der Waals surface area contributed by atoms with Crippen molar-refractivity contribution in [3.63, 3.8) is 0 Å². The monoisotopic (exact) mass is 301 g/mol. The van der Waals surface area contributed by atoms with Crippen molar-refractivity contribution in [2.24, 2.45) is 40.2 Å². The van der Waals surface area contributed by atoms with Crippen LogP contribution in [-0.4, -0.2) is 5.91 Å². The van der Waals surface area contributed by atoms with Gasteiger partial charge in [-0.15, -0.1) is 0 Å². The summed E-state index contributed by atoms with van der Waals surface area (Å²) in [6.45, 7) is 5.07. The van der Waals surface area contributed by atoms with Crippen LogP contribution in [0.3, 0.4) is 0 Å². The summed E-state index contributed by atoms with van der Waals surface area (Å²) in [6.07, 6.45) is 14.2. The minimum atomic E-state index is -0.122. The zero-order chi connectivity index (χ0) is 15.5. The summed E-state index contributed by atoms with van der Waals surface area (Å²) >= 11 is 0. The maximum absolute atomic E-state index is 11.6. The number of primary amides is 1. The van der Waals surface area contributed by atoms with Crippen LogP contribution >= 0.6 is 0 Å². The summed E-state index contributed by atoms with van der Waals surface area (Å²) in [5.41, 5.74) is 8.14. The molecule has 2 heteroatoms. The number of hydrogen-bond acceptors (Lipinski definition) is 1. The zero-order valence-electron chi connectivity index (χ0n) is 14.2. The summed E-state index contributed by atoms with van der Waals surface area (Å²) in [4.78, 5) is 11.6. The molecule has 4 aliphatic rings. The van der Waals surface area contributed by atoms with E-state index >= 15 is 0 Å². The van der Waals surface area contributed by atoms with E-state index in [2.05, 4.69) is 19.9 Å². The quantitative estimate of drug-likeness (QED) is 0.715. The molecule has 1 unspecified atom stereocenters. The van der Waals surface area contributed by atoms with Gasteiger partial charge in [0.15, 0.2) is 0 Å². The molecule has 2 nitrogen and oxygen atoms in total. The highest BCUT2D eigenvalue weighted by molar-refractivity contribution is 5.79. The van der Waals surface area contributed by atoms with Crippen molar-refractivity contribution >= 4 is 5.91 Å². The average Bonchev–Trinajstić information content (AvgIpc) is 2.88. The highest BCUT2D eigenvalue weighted by Crippen LogP contribution is 2.65. The number of allylic oxidation sites excluding steroid dienone is 1. The Morgan fingerprint density at radius 1 is 1.09 bits per heavy atom. The first-order chi connectivity index (χ1) is 10.4. The van der Waals surface area contributed by atoms with Crippen molar-refractivity contribution in [3.8, 4) is 0 Å². The van der Waals surface area contributed by atoms with Gasteiger partial charge < -0.3 is 5.73 Å². The molecule has 1 amide bonds. The Hall–Kier alpha value is -0.790. The van der Waals surface area contributed by atoms with Gasteiger partial charge in [-0.25, -0.2) is 0 Å². The number of hydrogen-bond donors (Lipinski definition) is 1. The van der Waals surface area contributed by atoms with E-state index in [-0.39, 0.29) is 11.8 Å². The Morgan fingerprint density at radius 2 is 1.91 bits per heavy atom. The fraction of sp³-hybridized carbons (Fsp3) is 0.850. The minimum Gasteiger partial charge on any atom is -0.369 e. The SMILES string of the molecule is C[C@@]12CCC[C@H]1[C@@H]1CCC3=CC(C(N)=O)CC[C@]3(C)[C@H]1CC2. The molecule has 3 saturated carbocycles. The normalized spacial score (nSPS) is 50.5. The van der Waals surface area contributed by atoms with Gasteiger partial charge in [-0.3, -0.25) is 4.79 Å². The molecule has 0 bridgehead atoms. The maximum atomic E-state index is 11.6. The van der Waals surface area contributed by atoms with E-state index in [1.165, 1.54) is 51.4 Å². The highest BCUT2D eigenvalue weighted by Gasteiger charge is 2.56. The largest absolute Gasteiger partial charge is 0.369 e. The molecule has 4 rings (SSSR count). The van der Waals surface area contributed by atoms with Gasteiger partial charge in [0.25, 0.3) is 0 Å². The van der Waals surface area contributed by atoms with Crippen molar-refractivity contribution in [1.82, 2.24) is 0 Å². The number of carbonyl (C=O) groups excluding carboxylic acids is 1. The molecule has 0 heterocycles. The molecular formula is C20H31NO. The molecule has 4 aliphatic carbocycles. The Labute approximate surface area is 134 Å². The van der Waals surface area contributed by atoms with Crippen molar-refractivity contribution in [1.29, 1.82) is 0 Å². The van der Waals surface area contributed by atoms with E-state index in [1.54, 1.807) is 5.57 Å². The van der Waals surface area contributed by atoms with E-state index in [0.717, 1.165) is 24.2 Å². The number of rotatable bonds is 1. The van der Waals surface area contributed by atoms with Crippen LogP contribution in [0.4, 0.5) is 0 Å². The van der Waals surface area contributed by atoms with Gasteiger partial charge in [0, 0.05) is 0 Å². The zero-order valence-corrected chi connectivity index (χ0v) is 14.2. The molecule has 0 aromatic carbocycles. The molecule has 0 saturated heterocycles. The third kappa shape index (κ3) is 1.95. The number of nitrogens with two attached hydrogens (primary N) is 1. The summed E-state index contributed by atoms with van der Waals surface area (Å²) in [5, 5.41) is 0. The van der Waals surface area contributed by atoms with Crippen LogP contribution < -0.4 is 5.73 Å². The second-order valence-corrected chi connectivity index (χ2v) is 9.16. The average molecular weight is 301 g/mol. The van der Waals surface area contributed by atoms with Crippen LogP contribution in [0.15, 0.2) is 11.6 Å². The van der Waals surface area contributed by atoms with Crippen molar-refractivity contribution in [2.75, 3.05) is 0 Å². The van der Waals surface area contributed by atoms with E-state index in [9.17, 15) is 4.79 Å². The molecule has 0 aromatic rings. The lowest BCUT2D eigenvalue weighted by atomic mass is 9.47. The Balaban J connectivity index is 1.65. The minimum absolute atomic E-state index is 0.0000352. The van der Waals surface area contributed by atoms with Crippen LogP contribution in [0, 0.1) is 34.5 Å². The van der Waals surface area contributed by atoms with Crippen LogP contribution in [0.1, 0.15) is 71.6 Å². The molecule has 122 valence electrons. The van der Waals surface area contributed by atoms with Crippen molar-refractivity contribution in [2.45, 2.75) is 71.6 Å². The Bertz CT molecular complexity index is 524. The fourth-order valence-electron chi connectivity index (χ4n) is 6.95. The third-order valence-electron chi connectivity index (χ3n) is 8.26. The van der Waals surface area contributed by atoms with Crippen LogP contribution in [-0.2, 0) is 4.79 Å². The van der Waals surface area contributed by atoms with Crippen LogP contribution in [0.2, 0.25) is 0 Å². The first-order valence-electron chi connectivity index (χ1n) is 9.44. The maximum Gasteiger partial charge on any atom is 0.224 e. The van der Waals surface area contributed by atoms with Gasteiger partial charge in [0.2, 0.25) is 5.91 Å². The lowest BCUT2D eigenvalue weighted by Crippen LogP contribution is -2.49. The van der Waals surface area contributed by atoms with Crippen LogP contribution in [0.5, 0.6) is 0 Å². The predicted octanol–water partition coefficient (Wildman–Crippen LogP) is 4.44. The van der Waals surface area contributed by atoms with Crippen LogP contribution in [0.25, 0.3) is 0 Å². The lowest BCUT2D eigenvalue weighted by Gasteiger charge is -2.58.